The SMILES string of the molecule is Cc1c(Cl)ccc(OCC[NH+](C)C)c1C. The Morgan fingerprint density at radius 2 is 1.87 bits per heavy atom. The van der Waals surface area contributed by atoms with Crippen molar-refractivity contribution < 1.29 is 9.64 Å². The van der Waals surface area contributed by atoms with Gasteiger partial charge in [0.05, 0.1) is 14.1 Å². The number of ether oxygens (including phenoxy) is 1. The number of hydrogen-bond donors (Lipinski definition) is 1. The predicted octanol–water partition coefficient (Wildman–Crippen LogP) is 1.48. The quantitative estimate of drug-likeness (QED) is 0.825. The number of benzene rings is 1. The van der Waals surface area contributed by atoms with Crippen LogP contribution < -0.4 is 9.64 Å². The molecule has 0 fully saturated rings. The highest BCUT2D eigenvalue weighted by Gasteiger charge is 2.06. The highest BCUT2D eigenvalue weighted by Crippen LogP contribution is 2.26. The van der Waals surface area contributed by atoms with E-state index < -0.39 is 0 Å². The van der Waals surface area contributed by atoms with Crippen molar-refractivity contribution in [1.29, 1.82) is 0 Å². The summed E-state index contributed by atoms with van der Waals surface area (Å²) < 4.78 is 5.70. The van der Waals surface area contributed by atoms with Crippen LogP contribution in [0.4, 0.5) is 0 Å². The first-order valence-electron chi connectivity index (χ1n) is 5.20. The van der Waals surface area contributed by atoms with Crippen LogP contribution in [0.1, 0.15) is 11.1 Å². The standard InChI is InChI=1S/C12H18ClNO/c1-9-10(2)12(6-5-11(9)13)15-8-7-14(3)4/h5-6H,7-8H2,1-4H3/p+1. The molecule has 0 aliphatic heterocycles. The molecule has 0 aliphatic rings. The van der Waals surface area contributed by atoms with Crippen molar-refractivity contribution in [3.8, 4) is 5.75 Å². The maximum absolute atomic E-state index is 6.01. The third kappa shape index (κ3) is 3.40. The van der Waals surface area contributed by atoms with Gasteiger partial charge in [0.25, 0.3) is 0 Å². The van der Waals surface area contributed by atoms with Gasteiger partial charge in [0, 0.05) is 5.02 Å². The molecule has 0 aromatic heterocycles. The molecule has 0 unspecified atom stereocenters. The molecule has 2 nitrogen and oxygen atoms in total. The van der Waals surface area contributed by atoms with Crippen LogP contribution in [0.25, 0.3) is 0 Å². The van der Waals surface area contributed by atoms with Crippen LogP contribution in [0.15, 0.2) is 12.1 Å². The number of rotatable bonds is 4. The smallest absolute Gasteiger partial charge is 0.137 e. The molecule has 0 aliphatic carbocycles. The van der Waals surface area contributed by atoms with Crippen LogP contribution in [0.3, 0.4) is 0 Å². The summed E-state index contributed by atoms with van der Waals surface area (Å²) in [5.74, 6) is 0.943. The van der Waals surface area contributed by atoms with Crippen molar-refractivity contribution in [2.45, 2.75) is 13.8 Å². The van der Waals surface area contributed by atoms with Gasteiger partial charge in [0.15, 0.2) is 0 Å². The largest absolute Gasteiger partial charge is 0.487 e. The zero-order chi connectivity index (χ0) is 11.4. The normalized spacial score (nSPS) is 10.8. The molecule has 0 heterocycles. The summed E-state index contributed by atoms with van der Waals surface area (Å²) in [7, 11) is 4.23. The van der Waals surface area contributed by atoms with Gasteiger partial charge >= 0.3 is 0 Å². The molecule has 84 valence electrons. The zero-order valence-corrected chi connectivity index (χ0v) is 10.6. The van der Waals surface area contributed by atoms with E-state index in [0.717, 1.165) is 35.1 Å². The monoisotopic (exact) mass is 228 g/mol. The molecule has 1 aromatic rings. The average molecular weight is 229 g/mol. The summed E-state index contributed by atoms with van der Waals surface area (Å²) in [4.78, 5) is 1.39. The predicted molar refractivity (Wildman–Crippen MR) is 64.1 cm³/mol. The van der Waals surface area contributed by atoms with Crippen LogP contribution in [0.2, 0.25) is 5.02 Å². The first-order valence-corrected chi connectivity index (χ1v) is 5.57. The van der Waals surface area contributed by atoms with Gasteiger partial charge in [0.1, 0.15) is 18.9 Å². The fraction of sp³-hybridized carbons (Fsp3) is 0.500. The van der Waals surface area contributed by atoms with Crippen LogP contribution in [0, 0.1) is 13.8 Å². The highest BCUT2D eigenvalue weighted by molar-refractivity contribution is 6.31. The first-order chi connectivity index (χ1) is 7.02. The minimum Gasteiger partial charge on any atom is -0.487 e. The Morgan fingerprint density at radius 3 is 2.47 bits per heavy atom. The van der Waals surface area contributed by atoms with Crippen molar-refractivity contribution in [3.05, 3.63) is 28.3 Å². The summed E-state index contributed by atoms with van der Waals surface area (Å²) in [6, 6.07) is 3.83. The van der Waals surface area contributed by atoms with E-state index in [1.165, 1.54) is 4.90 Å². The van der Waals surface area contributed by atoms with Crippen molar-refractivity contribution in [2.24, 2.45) is 0 Å². The molecule has 0 saturated carbocycles. The van der Waals surface area contributed by atoms with Gasteiger partial charge in [-0.3, -0.25) is 0 Å². The Morgan fingerprint density at radius 1 is 1.20 bits per heavy atom. The van der Waals surface area contributed by atoms with E-state index in [4.69, 9.17) is 16.3 Å². The Kier molecular flexibility index (Phi) is 4.43. The molecule has 0 saturated heterocycles. The lowest BCUT2D eigenvalue weighted by Gasteiger charge is -2.13. The molecule has 0 spiro atoms. The Hall–Kier alpha value is -0.730. The van der Waals surface area contributed by atoms with Crippen molar-refractivity contribution in [1.82, 2.24) is 0 Å². The second-order valence-corrected chi connectivity index (χ2v) is 4.51. The van der Waals surface area contributed by atoms with Gasteiger partial charge in [-0.05, 0) is 37.1 Å². The average Bonchev–Trinajstić information content (AvgIpc) is 2.18. The molecule has 0 radical (unpaired) electrons. The Balaban J connectivity index is 2.66. The van der Waals surface area contributed by atoms with Crippen molar-refractivity contribution in [2.75, 3.05) is 27.2 Å². The molecule has 15 heavy (non-hydrogen) atoms. The molecular formula is C12H19ClNO+. The van der Waals surface area contributed by atoms with Crippen LogP contribution in [0.5, 0.6) is 5.75 Å². The van der Waals surface area contributed by atoms with E-state index in [1.54, 1.807) is 0 Å². The lowest BCUT2D eigenvalue weighted by atomic mass is 10.1. The van der Waals surface area contributed by atoms with Gasteiger partial charge < -0.3 is 9.64 Å². The van der Waals surface area contributed by atoms with Gasteiger partial charge in [0.2, 0.25) is 0 Å². The molecule has 3 heteroatoms. The van der Waals surface area contributed by atoms with Crippen LogP contribution >= 0.6 is 11.6 Å². The Labute approximate surface area is 96.8 Å². The van der Waals surface area contributed by atoms with Gasteiger partial charge in [-0.25, -0.2) is 0 Å². The third-order valence-corrected chi connectivity index (χ3v) is 2.94. The third-order valence-electron chi connectivity index (χ3n) is 2.53. The minimum absolute atomic E-state index is 0.740. The van der Waals surface area contributed by atoms with E-state index in [2.05, 4.69) is 14.1 Å². The van der Waals surface area contributed by atoms with E-state index in [9.17, 15) is 0 Å². The maximum Gasteiger partial charge on any atom is 0.137 e. The number of nitrogens with one attached hydrogen (secondary N) is 1. The van der Waals surface area contributed by atoms with E-state index >= 15 is 0 Å². The molecular weight excluding hydrogens is 210 g/mol. The molecule has 1 rings (SSSR count). The number of quaternary nitrogens is 1. The molecule has 1 N–H and O–H groups in total. The number of likely N-dealkylation sites (N-methyl/N-ethyl adjacent to an activating group) is 1. The van der Waals surface area contributed by atoms with Gasteiger partial charge in [-0.15, -0.1) is 0 Å². The lowest BCUT2D eigenvalue weighted by molar-refractivity contribution is -0.858. The summed E-state index contributed by atoms with van der Waals surface area (Å²) >= 11 is 6.01. The van der Waals surface area contributed by atoms with Crippen molar-refractivity contribution in [3.63, 3.8) is 0 Å². The highest BCUT2D eigenvalue weighted by atomic mass is 35.5. The lowest BCUT2D eigenvalue weighted by Crippen LogP contribution is -3.06. The molecule has 1 aromatic carbocycles. The van der Waals surface area contributed by atoms with E-state index in [-0.39, 0.29) is 0 Å². The summed E-state index contributed by atoms with van der Waals surface area (Å²) in [5.41, 5.74) is 2.24. The van der Waals surface area contributed by atoms with E-state index in [0.29, 0.717) is 0 Å². The first kappa shape index (κ1) is 12.3. The fourth-order valence-corrected chi connectivity index (χ4v) is 1.49. The van der Waals surface area contributed by atoms with Gasteiger partial charge in [-0.1, -0.05) is 11.6 Å². The maximum atomic E-state index is 6.01. The summed E-state index contributed by atoms with van der Waals surface area (Å²) in [6.45, 7) is 5.80. The van der Waals surface area contributed by atoms with E-state index in [1.807, 2.05) is 26.0 Å². The molecule has 0 bridgehead atoms. The fourth-order valence-electron chi connectivity index (χ4n) is 1.28. The minimum atomic E-state index is 0.740. The molecule has 0 atom stereocenters. The van der Waals surface area contributed by atoms with Crippen LogP contribution in [-0.2, 0) is 0 Å². The van der Waals surface area contributed by atoms with Gasteiger partial charge in [-0.2, -0.15) is 0 Å². The zero-order valence-electron chi connectivity index (χ0n) is 9.86. The Bertz CT molecular complexity index is 337. The topological polar surface area (TPSA) is 13.7 Å². The number of halogens is 1. The molecule has 0 amide bonds. The second kappa shape index (κ2) is 5.38. The summed E-state index contributed by atoms with van der Waals surface area (Å²) in [5, 5.41) is 0.804. The number of hydrogen-bond acceptors (Lipinski definition) is 1. The van der Waals surface area contributed by atoms with Crippen molar-refractivity contribution >= 4 is 11.6 Å². The summed E-state index contributed by atoms with van der Waals surface area (Å²) in [6.07, 6.45) is 0. The second-order valence-electron chi connectivity index (χ2n) is 4.10. The van der Waals surface area contributed by atoms with Crippen LogP contribution in [-0.4, -0.2) is 27.2 Å².